The van der Waals surface area contributed by atoms with Crippen LogP contribution >= 0.6 is 23.5 Å². The highest BCUT2D eigenvalue weighted by atomic mass is 32.2. The Morgan fingerprint density at radius 3 is 2.82 bits per heavy atom. The molecule has 9 heteroatoms. The van der Waals surface area contributed by atoms with Gasteiger partial charge in [-0.15, -0.1) is 0 Å². The topological polar surface area (TPSA) is 69.8 Å². The molecule has 38 heavy (non-hydrogen) atoms. The van der Waals surface area contributed by atoms with E-state index in [0.717, 1.165) is 38.5 Å². The van der Waals surface area contributed by atoms with Crippen molar-refractivity contribution >= 4 is 34.9 Å². The highest BCUT2D eigenvalue weighted by molar-refractivity contribution is 8.05. The first-order valence-electron chi connectivity index (χ1n) is 13.3. The Labute approximate surface area is 231 Å². The van der Waals surface area contributed by atoms with E-state index in [4.69, 9.17) is 9.47 Å². The summed E-state index contributed by atoms with van der Waals surface area (Å²) < 4.78 is 11.7. The minimum atomic E-state index is -0.0767. The van der Waals surface area contributed by atoms with Crippen molar-refractivity contribution in [1.82, 2.24) is 9.88 Å². The number of anilines is 2. The van der Waals surface area contributed by atoms with E-state index in [2.05, 4.69) is 63.4 Å². The number of hydrogen-bond donors (Lipinski definition) is 2. The van der Waals surface area contributed by atoms with Gasteiger partial charge in [0, 0.05) is 87.4 Å². The van der Waals surface area contributed by atoms with E-state index < -0.39 is 0 Å². The number of nitrogens with one attached hydrogen (secondary N) is 2. The lowest BCUT2D eigenvalue weighted by atomic mass is 9.78. The minimum absolute atomic E-state index is 0.0402. The van der Waals surface area contributed by atoms with Crippen LogP contribution in [-0.2, 0) is 9.47 Å². The summed E-state index contributed by atoms with van der Waals surface area (Å²) in [5, 5.41) is 3.72. The average molecular weight is 549 g/mol. The van der Waals surface area contributed by atoms with Crippen LogP contribution in [-0.4, -0.2) is 68.5 Å². The summed E-state index contributed by atoms with van der Waals surface area (Å²) in [6, 6.07) is 17.3. The number of benzene rings is 2. The zero-order valence-corrected chi connectivity index (χ0v) is 23.1. The van der Waals surface area contributed by atoms with Crippen molar-refractivity contribution < 1.29 is 9.47 Å². The first-order chi connectivity index (χ1) is 18.5. The summed E-state index contributed by atoms with van der Waals surface area (Å²) in [5.41, 5.74) is 3.73. The van der Waals surface area contributed by atoms with Gasteiger partial charge < -0.3 is 24.7 Å². The molecule has 7 nitrogen and oxygen atoms in total. The third-order valence-electron chi connectivity index (χ3n) is 7.80. The molecule has 2 atom stereocenters. The second-order valence-corrected chi connectivity index (χ2v) is 13.1. The molecule has 3 fully saturated rings. The van der Waals surface area contributed by atoms with Crippen LogP contribution in [0.3, 0.4) is 0 Å². The fourth-order valence-corrected chi connectivity index (χ4v) is 8.44. The first-order valence-corrected chi connectivity index (χ1v) is 14.9. The molecule has 0 saturated carbocycles. The van der Waals surface area contributed by atoms with E-state index in [1.54, 1.807) is 12.3 Å². The molecule has 7 rings (SSSR count). The van der Waals surface area contributed by atoms with Gasteiger partial charge >= 0.3 is 0 Å². The molecular weight excluding hydrogens is 516 g/mol. The van der Waals surface area contributed by atoms with E-state index in [-0.39, 0.29) is 11.7 Å². The third-order valence-corrected chi connectivity index (χ3v) is 10.4. The Hall–Kier alpha value is -2.43. The zero-order chi connectivity index (χ0) is 25.7. The number of H-pyrrole nitrogens is 1. The monoisotopic (exact) mass is 548 g/mol. The molecule has 198 valence electrons. The lowest BCUT2D eigenvalue weighted by Gasteiger charge is -2.55. The molecule has 2 unspecified atom stereocenters. The van der Waals surface area contributed by atoms with E-state index >= 15 is 0 Å². The number of nitrogens with zero attached hydrogens (tertiary/aromatic N) is 2. The highest BCUT2D eigenvalue weighted by Gasteiger charge is 2.48. The lowest BCUT2D eigenvalue weighted by Crippen LogP contribution is -2.66. The summed E-state index contributed by atoms with van der Waals surface area (Å²) in [5.74, 6) is 0. The van der Waals surface area contributed by atoms with E-state index in [1.165, 1.54) is 43.9 Å². The fraction of sp³-hybridized carbons (Fsp3) is 0.414. The van der Waals surface area contributed by atoms with Crippen LogP contribution < -0.4 is 15.8 Å². The van der Waals surface area contributed by atoms with Crippen molar-refractivity contribution in [1.29, 1.82) is 0 Å². The molecule has 2 N–H and O–H groups in total. The van der Waals surface area contributed by atoms with Crippen LogP contribution in [0.5, 0.6) is 0 Å². The number of hydrogen-bond acceptors (Lipinski definition) is 8. The van der Waals surface area contributed by atoms with Crippen LogP contribution in [0.15, 0.2) is 79.1 Å². The normalized spacial score (nSPS) is 22.7. The Kier molecular flexibility index (Phi) is 6.44. The predicted molar refractivity (Wildman–Crippen MR) is 152 cm³/mol. The summed E-state index contributed by atoms with van der Waals surface area (Å²) in [6.07, 6.45) is 1.67. The molecule has 0 amide bonds. The van der Waals surface area contributed by atoms with Crippen LogP contribution in [0.2, 0.25) is 0 Å². The molecule has 2 aromatic carbocycles. The fourth-order valence-electron chi connectivity index (χ4n) is 5.99. The van der Waals surface area contributed by atoms with E-state index in [0.29, 0.717) is 18.1 Å². The number of morpholine rings is 1. The van der Waals surface area contributed by atoms with Gasteiger partial charge in [0.2, 0.25) is 5.56 Å². The van der Waals surface area contributed by atoms with Gasteiger partial charge in [-0.05, 0) is 42.8 Å². The third kappa shape index (κ3) is 4.75. The smallest absolute Gasteiger partial charge is 0.249 e. The Morgan fingerprint density at radius 1 is 1.11 bits per heavy atom. The summed E-state index contributed by atoms with van der Waals surface area (Å²) in [6.45, 7) is 9.68. The zero-order valence-electron chi connectivity index (χ0n) is 21.4. The number of likely N-dealkylation sites (tertiary alicyclic amines) is 1. The maximum Gasteiger partial charge on any atom is 0.249 e. The standard InChI is InChI=1S/C29H32N4O3S2/c1-19(13-32-15-29(16-32)17-35-18-29)31-20-5-6-24-26(11-20)37-25-4-2-3-22(28(25)38-24)23-14-33(9-10-36-23)21-7-8-30-27(34)12-21/h2-8,11-12,19,23,31H,9-10,13-18H2,1H3,(H,30,34). The molecular formula is C29H32N4O3S2. The summed E-state index contributed by atoms with van der Waals surface area (Å²) >= 11 is 3.68. The number of rotatable bonds is 6. The molecule has 3 saturated heterocycles. The molecule has 4 aliphatic heterocycles. The number of aromatic nitrogens is 1. The highest BCUT2D eigenvalue weighted by Crippen LogP contribution is 2.52. The molecule has 0 bridgehead atoms. The van der Waals surface area contributed by atoms with Gasteiger partial charge in [-0.25, -0.2) is 0 Å². The molecule has 0 radical (unpaired) electrons. The minimum Gasteiger partial charge on any atom is -0.381 e. The van der Waals surface area contributed by atoms with Gasteiger partial charge in [-0.2, -0.15) is 0 Å². The van der Waals surface area contributed by atoms with Gasteiger partial charge in [-0.3, -0.25) is 9.69 Å². The summed E-state index contributed by atoms with van der Waals surface area (Å²) in [4.78, 5) is 24.5. The van der Waals surface area contributed by atoms with Crippen molar-refractivity contribution in [2.24, 2.45) is 5.41 Å². The van der Waals surface area contributed by atoms with Crippen molar-refractivity contribution in [2.45, 2.75) is 38.7 Å². The van der Waals surface area contributed by atoms with Crippen LogP contribution in [0, 0.1) is 5.41 Å². The first kappa shape index (κ1) is 24.6. The second-order valence-electron chi connectivity index (χ2n) is 11.0. The molecule has 1 spiro atoms. The van der Waals surface area contributed by atoms with Crippen molar-refractivity contribution in [3.63, 3.8) is 0 Å². The van der Waals surface area contributed by atoms with Crippen molar-refractivity contribution in [3.05, 3.63) is 70.6 Å². The molecule has 0 aliphatic carbocycles. The summed E-state index contributed by atoms with van der Waals surface area (Å²) in [7, 11) is 0. The number of pyridine rings is 1. The largest absolute Gasteiger partial charge is 0.381 e. The van der Waals surface area contributed by atoms with Crippen LogP contribution in [0.25, 0.3) is 0 Å². The molecule has 1 aromatic heterocycles. The SMILES string of the molecule is CC(CN1CC2(COC2)C1)Nc1ccc2c(c1)Sc1cccc(C3CN(c4cc[nH]c(=O)c4)CCO3)c1S2. The number of ether oxygens (including phenoxy) is 2. The van der Waals surface area contributed by atoms with Gasteiger partial charge in [0.05, 0.1) is 19.8 Å². The van der Waals surface area contributed by atoms with Crippen LogP contribution in [0.1, 0.15) is 18.6 Å². The Morgan fingerprint density at radius 2 is 2.00 bits per heavy atom. The maximum absolute atomic E-state index is 11.8. The predicted octanol–water partition coefficient (Wildman–Crippen LogP) is 4.70. The van der Waals surface area contributed by atoms with Crippen LogP contribution in [0.4, 0.5) is 11.4 Å². The molecule has 4 aliphatic rings. The average Bonchev–Trinajstić information content (AvgIpc) is 2.88. The van der Waals surface area contributed by atoms with Gasteiger partial charge in [0.1, 0.15) is 6.10 Å². The van der Waals surface area contributed by atoms with E-state index in [9.17, 15) is 4.79 Å². The van der Waals surface area contributed by atoms with Gasteiger partial charge in [-0.1, -0.05) is 35.7 Å². The Bertz CT molecular complexity index is 1400. The maximum atomic E-state index is 11.8. The second kappa shape index (κ2) is 9.95. The Balaban J connectivity index is 1.04. The number of aromatic amines is 1. The molecule has 5 heterocycles. The molecule has 3 aromatic rings. The van der Waals surface area contributed by atoms with Gasteiger partial charge in [0.25, 0.3) is 0 Å². The van der Waals surface area contributed by atoms with E-state index in [1.807, 2.05) is 29.6 Å². The lowest BCUT2D eigenvalue weighted by molar-refractivity contribution is -0.188. The van der Waals surface area contributed by atoms with Gasteiger partial charge in [0.15, 0.2) is 0 Å². The number of fused-ring (bicyclic) bond motifs is 2. The van der Waals surface area contributed by atoms with Crippen molar-refractivity contribution in [2.75, 3.05) is 62.8 Å². The van der Waals surface area contributed by atoms with Crippen molar-refractivity contribution in [3.8, 4) is 0 Å². The quantitative estimate of drug-likeness (QED) is 0.359.